The van der Waals surface area contributed by atoms with Crippen molar-refractivity contribution >= 4 is 16.3 Å². The van der Waals surface area contributed by atoms with Crippen LogP contribution in [0.15, 0.2) is 60.7 Å². The highest BCUT2D eigenvalue weighted by Crippen LogP contribution is 2.33. The Morgan fingerprint density at radius 3 is 2.81 bits per heavy atom. The van der Waals surface area contributed by atoms with Gasteiger partial charge in [-0.2, -0.15) is 0 Å². The zero-order chi connectivity index (χ0) is 21.2. The van der Waals surface area contributed by atoms with Crippen LogP contribution in [0.1, 0.15) is 17.5 Å². The molecular weight excluding hydrogens is 393 g/mol. The lowest BCUT2D eigenvalue weighted by atomic mass is 9.96. The summed E-state index contributed by atoms with van der Waals surface area (Å²) >= 11 is 0. The third kappa shape index (κ3) is 4.43. The summed E-state index contributed by atoms with van der Waals surface area (Å²) in [5, 5.41) is 12.5. The van der Waals surface area contributed by atoms with Crippen LogP contribution in [-0.2, 0) is 6.42 Å². The number of β-amino-alcohol motifs (C(OH)–C–C–N with tert-alkyl or cyclic N) is 1. The van der Waals surface area contributed by atoms with Gasteiger partial charge in [-0.3, -0.25) is 4.90 Å². The van der Waals surface area contributed by atoms with Gasteiger partial charge in [0.05, 0.1) is 6.61 Å². The lowest BCUT2D eigenvalue weighted by Crippen LogP contribution is -2.38. The molecule has 0 aromatic heterocycles. The van der Waals surface area contributed by atoms with Gasteiger partial charge in [0, 0.05) is 31.6 Å². The molecule has 4 nitrogen and oxygen atoms in total. The highest BCUT2D eigenvalue weighted by molar-refractivity contribution is 5.86. The molecule has 0 bridgehead atoms. The Morgan fingerprint density at radius 1 is 1.06 bits per heavy atom. The van der Waals surface area contributed by atoms with E-state index in [1.54, 1.807) is 6.07 Å². The second kappa shape index (κ2) is 8.69. The summed E-state index contributed by atoms with van der Waals surface area (Å²) in [5.74, 6) is 1.49. The van der Waals surface area contributed by atoms with Crippen LogP contribution in [0.2, 0.25) is 0 Å². The standard InChI is InChI=1S/C26H26FNO3/c27-22-7-6-20-14-19(4-5-21(20)15-22)18-8-11-28(12-9-18)16-23(29)17-31-26-3-1-2-25-24(26)10-13-30-25/h1-8,14-15,23,29H,9-13,16-17H2/t23-/m0/s1. The van der Waals surface area contributed by atoms with Gasteiger partial charge in [0.2, 0.25) is 0 Å². The molecule has 0 saturated heterocycles. The van der Waals surface area contributed by atoms with Crippen LogP contribution in [0.5, 0.6) is 11.5 Å². The van der Waals surface area contributed by atoms with E-state index in [0.29, 0.717) is 13.2 Å². The molecule has 3 aromatic carbocycles. The number of aliphatic hydroxyl groups excluding tert-OH is 1. The molecule has 2 aliphatic rings. The normalized spacial score (nSPS) is 17.2. The Balaban J connectivity index is 1.17. The van der Waals surface area contributed by atoms with Gasteiger partial charge in [-0.15, -0.1) is 0 Å². The Morgan fingerprint density at radius 2 is 1.94 bits per heavy atom. The van der Waals surface area contributed by atoms with Crippen LogP contribution >= 0.6 is 0 Å². The van der Waals surface area contributed by atoms with Crippen LogP contribution in [0.4, 0.5) is 4.39 Å². The highest BCUT2D eigenvalue weighted by atomic mass is 19.1. The third-order valence-electron chi connectivity index (χ3n) is 6.07. The summed E-state index contributed by atoms with van der Waals surface area (Å²) in [7, 11) is 0. The fourth-order valence-corrected chi connectivity index (χ4v) is 4.42. The van der Waals surface area contributed by atoms with Gasteiger partial charge in [0.25, 0.3) is 0 Å². The SMILES string of the molecule is O[C@H](COc1cccc2c1CCO2)CN1CC=C(c2ccc3cc(F)ccc3c2)CC1. The van der Waals surface area contributed by atoms with E-state index in [2.05, 4.69) is 23.1 Å². The number of aliphatic hydroxyl groups is 1. The highest BCUT2D eigenvalue weighted by Gasteiger charge is 2.20. The maximum Gasteiger partial charge on any atom is 0.126 e. The number of hydrogen-bond donors (Lipinski definition) is 1. The molecule has 0 saturated carbocycles. The van der Waals surface area contributed by atoms with E-state index in [9.17, 15) is 9.50 Å². The molecule has 31 heavy (non-hydrogen) atoms. The molecule has 3 aromatic rings. The molecule has 0 spiro atoms. The maximum absolute atomic E-state index is 13.4. The van der Waals surface area contributed by atoms with Crippen molar-refractivity contribution in [2.24, 2.45) is 0 Å². The van der Waals surface area contributed by atoms with Crippen LogP contribution < -0.4 is 9.47 Å². The molecule has 1 atom stereocenters. The van der Waals surface area contributed by atoms with Crippen LogP contribution in [0.25, 0.3) is 16.3 Å². The number of benzene rings is 3. The molecule has 0 radical (unpaired) electrons. The molecule has 5 heteroatoms. The molecule has 160 valence electrons. The summed E-state index contributed by atoms with van der Waals surface area (Å²) in [5.41, 5.74) is 3.58. The van der Waals surface area contributed by atoms with Gasteiger partial charge >= 0.3 is 0 Å². The van der Waals surface area contributed by atoms with Gasteiger partial charge in [0.15, 0.2) is 0 Å². The third-order valence-corrected chi connectivity index (χ3v) is 6.07. The number of halogens is 1. The van der Waals surface area contributed by atoms with E-state index in [-0.39, 0.29) is 12.4 Å². The Labute approximate surface area is 181 Å². The monoisotopic (exact) mass is 419 g/mol. The topological polar surface area (TPSA) is 41.9 Å². The van der Waals surface area contributed by atoms with Gasteiger partial charge in [-0.25, -0.2) is 4.39 Å². The van der Waals surface area contributed by atoms with Crippen molar-refractivity contribution in [3.63, 3.8) is 0 Å². The quantitative estimate of drug-likeness (QED) is 0.641. The fraction of sp³-hybridized carbons (Fsp3) is 0.308. The van der Waals surface area contributed by atoms with Gasteiger partial charge < -0.3 is 14.6 Å². The van der Waals surface area contributed by atoms with Crippen LogP contribution in [0, 0.1) is 5.82 Å². The molecule has 0 fully saturated rings. The van der Waals surface area contributed by atoms with E-state index >= 15 is 0 Å². The van der Waals surface area contributed by atoms with Crippen molar-refractivity contribution in [1.82, 2.24) is 4.90 Å². The predicted octanol–water partition coefficient (Wildman–Crippen LogP) is 4.44. The van der Waals surface area contributed by atoms with E-state index in [0.717, 1.165) is 53.8 Å². The first-order valence-corrected chi connectivity index (χ1v) is 10.8. The molecular formula is C26H26FNO3. The first-order valence-electron chi connectivity index (χ1n) is 10.8. The smallest absolute Gasteiger partial charge is 0.126 e. The molecule has 0 amide bonds. The first kappa shape index (κ1) is 20.0. The molecule has 5 rings (SSSR count). The average Bonchev–Trinajstić information content (AvgIpc) is 3.27. The Kier molecular flexibility index (Phi) is 5.62. The van der Waals surface area contributed by atoms with Gasteiger partial charge in [0.1, 0.15) is 30.0 Å². The number of ether oxygens (including phenoxy) is 2. The summed E-state index contributed by atoms with van der Waals surface area (Å²) in [4.78, 5) is 2.24. The predicted molar refractivity (Wildman–Crippen MR) is 120 cm³/mol. The number of fused-ring (bicyclic) bond motifs is 2. The minimum Gasteiger partial charge on any atom is -0.493 e. The van der Waals surface area contributed by atoms with E-state index < -0.39 is 6.10 Å². The van der Waals surface area contributed by atoms with E-state index in [1.165, 1.54) is 17.2 Å². The Bertz CT molecular complexity index is 1130. The van der Waals surface area contributed by atoms with Crippen LogP contribution in [-0.4, -0.2) is 49.0 Å². The molecule has 2 aliphatic heterocycles. The molecule has 2 heterocycles. The summed E-state index contributed by atoms with van der Waals surface area (Å²) in [6.45, 7) is 3.22. The first-order chi connectivity index (χ1) is 15.2. The van der Waals surface area contributed by atoms with Crippen molar-refractivity contribution in [3.8, 4) is 11.5 Å². The van der Waals surface area contributed by atoms with Gasteiger partial charge in [-0.1, -0.05) is 30.3 Å². The lowest BCUT2D eigenvalue weighted by Gasteiger charge is -2.28. The van der Waals surface area contributed by atoms with Crippen molar-refractivity contribution in [2.45, 2.75) is 18.9 Å². The number of nitrogens with zero attached hydrogens (tertiary/aromatic N) is 1. The lowest BCUT2D eigenvalue weighted by molar-refractivity contribution is 0.0714. The zero-order valence-corrected chi connectivity index (χ0v) is 17.4. The zero-order valence-electron chi connectivity index (χ0n) is 17.4. The number of rotatable bonds is 6. The van der Waals surface area contributed by atoms with Crippen LogP contribution in [0.3, 0.4) is 0 Å². The van der Waals surface area contributed by atoms with Crippen molar-refractivity contribution in [2.75, 3.05) is 32.8 Å². The minimum absolute atomic E-state index is 0.208. The maximum atomic E-state index is 13.4. The second-order valence-corrected chi connectivity index (χ2v) is 8.24. The minimum atomic E-state index is -0.552. The Hall–Kier alpha value is -2.89. The van der Waals surface area contributed by atoms with E-state index in [1.807, 2.05) is 30.3 Å². The number of hydrogen-bond acceptors (Lipinski definition) is 4. The average molecular weight is 419 g/mol. The summed E-state index contributed by atoms with van der Waals surface area (Å²) in [6.07, 6.45) is 3.45. The molecule has 0 unspecified atom stereocenters. The van der Waals surface area contributed by atoms with Crippen molar-refractivity contribution in [1.29, 1.82) is 0 Å². The fourth-order valence-electron chi connectivity index (χ4n) is 4.42. The van der Waals surface area contributed by atoms with Crippen molar-refractivity contribution < 1.29 is 19.0 Å². The summed E-state index contributed by atoms with van der Waals surface area (Å²) in [6, 6.07) is 16.9. The van der Waals surface area contributed by atoms with Crippen molar-refractivity contribution in [3.05, 3.63) is 77.6 Å². The van der Waals surface area contributed by atoms with E-state index in [4.69, 9.17) is 9.47 Å². The molecule has 0 aliphatic carbocycles. The largest absolute Gasteiger partial charge is 0.493 e. The van der Waals surface area contributed by atoms with Gasteiger partial charge in [-0.05, 0) is 58.7 Å². The second-order valence-electron chi connectivity index (χ2n) is 8.24. The molecule has 1 N–H and O–H groups in total. The summed E-state index contributed by atoms with van der Waals surface area (Å²) < 4.78 is 24.9.